The Morgan fingerprint density at radius 1 is 0.794 bits per heavy atom. The number of ether oxygens (including phenoxy) is 2. The van der Waals surface area contributed by atoms with Gasteiger partial charge in [0.15, 0.2) is 11.6 Å². The van der Waals surface area contributed by atoms with Crippen LogP contribution >= 0.6 is 0 Å². The molecule has 0 amide bonds. The van der Waals surface area contributed by atoms with Crippen molar-refractivity contribution in [3.8, 4) is 35.2 Å². The SMILES string of the molecule is C=CC(=O)Oc1ccc(C#Cc2ccc(C#Cc3ccc(OC(=O)C(=C)C)c(F)c3)cc2)cc1. The Morgan fingerprint density at radius 3 is 1.74 bits per heavy atom. The van der Waals surface area contributed by atoms with Gasteiger partial charge in [-0.15, -0.1) is 0 Å². The molecule has 5 heteroatoms. The molecule has 0 N–H and O–H groups in total. The zero-order valence-electron chi connectivity index (χ0n) is 18.4. The van der Waals surface area contributed by atoms with Crippen LogP contribution in [0.5, 0.6) is 11.5 Å². The van der Waals surface area contributed by atoms with Gasteiger partial charge in [0.1, 0.15) is 5.75 Å². The zero-order valence-corrected chi connectivity index (χ0v) is 18.4. The number of hydrogen-bond donors (Lipinski definition) is 0. The predicted octanol–water partition coefficient (Wildman–Crippen LogP) is 5.20. The standard InChI is InChI=1S/C29H19FO4/c1-4-28(31)33-25-16-13-23(14-17-25)10-9-21-5-7-22(8-6-21)11-12-24-15-18-27(26(30)19-24)34-29(32)20(2)3/h4-8,13-19H,1-2H2,3H3. The lowest BCUT2D eigenvalue weighted by atomic mass is 10.1. The first kappa shape index (κ1) is 23.8. The van der Waals surface area contributed by atoms with Gasteiger partial charge in [-0.1, -0.05) is 36.8 Å². The summed E-state index contributed by atoms with van der Waals surface area (Å²) < 4.78 is 24.1. The second-order valence-corrected chi connectivity index (χ2v) is 7.04. The third kappa shape index (κ3) is 6.82. The predicted molar refractivity (Wildman–Crippen MR) is 128 cm³/mol. The molecule has 0 aliphatic rings. The lowest BCUT2D eigenvalue weighted by Crippen LogP contribution is -2.09. The van der Waals surface area contributed by atoms with Gasteiger partial charge in [-0.25, -0.2) is 14.0 Å². The van der Waals surface area contributed by atoms with Crippen molar-refractivity contribution in [2.24, 2.45) is 0 Å². The topological polar surface area (TPSA) is 52.6 Å². The number of benzene rings is 3. The Labute approximate surface area is 197 Å². The van der Waals surface area contributed by atoms with Gasteiger partial charge in [0.25, 0.3) is 0 Å². The van der Waals surface area contributed by atoms with Crippen molar-refractivity contribution < 1.29 is 23.5 Å². The van der Waals surface area contributed by atoms with E-state index >= 15 is 0 Å². The van der Waals surface area contributed by atoms with Crippen LogP contribution in [0.1, 0.15) is 29.2 Å². The summed E-state index contributed by atoms with van der Waals surface area (Å²) in [5.74, 6) is 10.3. The van der Waals surface area contributed by atoms with Crippen molar-refractivity contribution in [3.63, 3.8) is 0 Å². The molecule has 0 aliphatic carbocycles. The van der Waals surface area contributed by atoms with Gasteiger partial charge in [0.2, 0.25) is 0 Å². The Balaban J connectivity index is 1.65. The van der Waals surface area contributed by atoms with E-state index in [1.807, 2.05) is 24.3 Å². The van der Waals surface area contributed by atoms with Crippen molar-refractivity contribution >= 4 is 11.9 Å². The van der Waals surface area contributed by atoms with E-state index in [0.717, 1.165) is 22.8 Å². The summed E-state index contributed by atoms with van der Waals surface area (Å²) in [6.45, 7) is 8.30. The molecule has 0 radical (unpaired) electrons. The van der Waals surface area contributed by atoms with Gasteiger partial charge in [-0.3, -0.25) is 0 Å². The second-order valence-electron chi connectivity index (χ2n) is 7.04. The number of rotatable bonds is 4. The number of carbonyl (C=O) groups is 2. The molecule has 0 aliphatic heterocycles. The molecule has 0 spiro atoms. The van der Waals surface area contributed by atoms with Gasteiger partial charge < -0.3 is 9.47 Å². The Hall–Kier alpha value is -4.87. The smallest absolute Gasteiger partial charge is 0.338 e. The molecule has 0 saturated carbocycles. The number of esters is 2. The molecule has 166 valence electrons. The Morgan fingerprint density at radius 2 is 1.26 bits per heavy atom. The molecule has 0 heterocycles. The van der Waals surface area contributed by atoms with Gasteiger partial charge in [0.05, 0.1) is 0 Å². The lowest BCUT2D eigenvalue weighted by Gasteiger charge is -2.04. The van der Waals surface area contributed by atoms with Gasteiger partial charge in [-0.05, 0) is 73.7 Å². The summed E-state index contributed by atoms with van der Waals surface area (Å²) in [5, 5.41) is 0. The highest BCUT2D eigenvalue weighted by molar-refractivity contribution is 5.88. The monoisotopic (exact) mass is 450 g/mol. The van der Waals surface area contributed by atoms with Crippen LogP contribution in [0, 0.1) is 29.5 Å². The van der Waals surface area contributed by atoms with Gasteiger partial charge in [-0.2, -0.15) is 0 Å². The molecule has 3 rings (SSSR count). The highest BCUT2D eigenvalue weighted by Crippen LogP contribution is 2.19. The fraction of sp³-hybridized carbons (Fsp3) is 0.0345. The van der Waals surface area contributed by atoms with E-state index < -0.39 is 17.8 Å². The second kappa shape index (κ2) is 11.1. The molecule has 4 nitrogen and oxygen atoms in total. The third-order valence-electron chi connectivity index (χ3n) is 4.31. The van der Waals surface area contributed by atoms with E-state index in [2.05, 4.69) is 36.8 Å². The lowest BCUT2D eigenvalue weighted by molar-refractivity contribution is -0.130. The van der Waals surface area contributed by atoms with Crippen LogP contribution in [0.25, 0.3) is 0 Å². The highest BCUT2D eigenvalue weighted by Gasteiger charge is 2.10. The highest BCUT2D eigenvalue weighted by atomic mass is 19.1. The summed E-state index contributed by atoms with van der Waals surface area (Å²) in [6, 6.07) is 18.2. The molecule has 3 aromatic rings. The average molecular weight is 450 g/mol. The quantitative estimate of drug-likeness (QED) is 0.237. The largest absolute Gasteiger partial charge is 0.423 e. The molecule has 0 unspecified atom stereocenters. The van der Waals surface area contributed by atoms with E-state index in [1.54, 1.807) is 30.3 Å². The van der Waals surface area contributed by atoms with E-state index in [0.29, 0.717) is 11.3 Å². The molecule has 0 fully saturated rings. The van der Waals surface area contributed by atoms with E-state index in [4.69, 9.17) is 9.47 Å². The first-order chi connectivity index (χ1) is 16.3. The Kier molecular flexibility index (Phi) is 7.79. The zero-order chi connectivity index (χ0) is 24.5. The summed E-state index contributed by atoms with van der Waals surface area (Å²) >= 11 is 0. The van der Waals surface area contributed by atoms with Crippen molar-refractivity contribution in [2.75, 3.05) is 0 Å². The molecule has 0 saturated heterocycles. The van der Waals surface area contributed by atoms with Crippen LogP contribution in [-0.2, 0) is 9.59 Å². The first-order valence-corrected chi connectivity index (χ1v) is 10.1. The third-order valence-corrected chi connectivity index (χ3v) is 4.31. The van der Waals surface area contributed by atoms with E-state index in [1.165, 1.54) is 19.1 Å². The minimum absolute atomic E-state index is 0.172. The molecular weight excluding hydrogens is 431 g/mol. The van der Waals surface area contributed by atoms with Crippen molar-refractivity contribution in [3.05, 3.63) is 120 Å². The van der Waals surface area contributed by atoms with E-state index in [-0.39, 0.29) is 11.3 Å². The van der Waals surface area contributed by atoms with Crippen LogP contribution in [-0.4, -0.2) is 11.9 Å². The summed E-state index contributed by atoms with van der Waals surface area (Å²) in [7, 11) is 0. The van der Waals surface area contributed by atoms with Gasteiger partial charge >= 0.3 is 11.9 Å². The van der Waals surface area contributed by atoms with Crippen molar-refractivity contribution in [1.82, 2.24) is 0 Å². The maximum absolute atomic E-state index is 14.2. The van der Waals surface area contributed by atoms with Crippen molar-refractivity contribution in [1.29, 1.82) is 0 Å². The first-order valence-electron chi connectivity index (χ1n) is 10.1. The number of hydrogen-bond acceptors (Lipinski definition) is 4. The summed E-state index contributed by atoms with van der Waals surface area (Å²) in [4.78, 5) is 22.7. The maximum Gasteiger partial charge on any atom is 0.338 e. The minimum atomic E-state index is -0.688. The van der Waals surface area contributed by atoms with Crippen LogP contribution in [0.2, 0.25) is 0 Å². The maximum atomic E-state index is 14.2. The fourth-order valence-corrected chi connectivity index (χ4v) is 2.54. The number of halogens is 1. The van der Waals surface area contributed by atoms with Crippen LogP contribution < -0.4 is 9.47 Å². The van der Waals surface area contributed by atoms with E-state index in [9.17, 15) is 14.0 Å². The number of carbonyl (C=O) groups excluding carboxylic acids is 2. The molecule has 0 atom stereocenters. The van der Waals surface area contributed by atoms with Crippen molar-refractivity contribution in [2.45, 2.75) is 6.92 Å². The Bertz CT molecular complexity index is 1380. The summed E-state index contributed by atoms with van der Waals surface area (Å²) in [5.41, 5.74) is 2.92. The fourth-order valence-electron chi connectivity index (χ4n) is 2.54. The average Bonchev–Trinajstić information content (AvgIpc) is 2.84. The van der Waals surface area contributed by atoms with Crippen LogP contribution in [0.4, 0.5) is 4.39 Å². The summed E-state index contributed by atoms with van der Waals surface area (Å²) in [6.07, 6.45) is 1.10. The minimum Gasteiger partial charge on any atom is -0.423 e. The molecule has 34 heavy (non-hydrogen) atoms. The van der Waals surface area contributed by atoms with Gasteiger partial charge in [0, 0.05) is 33.9 Å². The molecule has 3 aromatic carbocycles. The van der Waals surface area contributed by atoms with Crippen LogP contribution in [0.15, 0.2) is 91.5 Å². The normalized spacial score (nSPS) is 9.47. The molecular formula is C29H19FO4. The molecule has 0 aromatic heterocycles. The molecule has 0 bridgehead atoms. The van der Waals surface area contributed by atoms with Crippen LogP contribution in [0.3, 0.4) is 0 Å².